The number of benzene rings is 2. The van der Waals surface area contributed by atoms with Crippen molar-refractivity contribution >= 4 is 11.6 Å². The molecule has 2 aromatic carbocycles. The van der Waals surface area contributed by atoms with Crippen molar-refractivity contribution in [2.45, 2.75) is 18.7 Å². The van der Waals surface area contributed by atoms with Gasteiger partial charge in [-0.1, -0.05) is 49.4 Å². The summed E-state index contributed by atoms with van der Waals surface area (Å²) >= 11 is 6.38. The summed E-state index contributed by atoms with van der Waals surface area (Å²) in [5, 5.41) is 7.72. The van der Waals surface area contributed by atoms with E-state index in [0.29, 0.717) is 11.8 Å². The van der Waals surface area contributed by atoms with Crippen molar-refractivity contribution in [2.75, 3.05) is 0 Å². The van der Waals surface area contributed by atoms with Crippen molar-refractivity contribution in [3.8, 4) is 11.5 Å². The third kappa shape index (κ3) is 2.98. The zero-order valence-electron chi connectivity index (χ0n) is 11.7. The summed E-state index contributed by atoms with van der Waals surface area (Å²) < 4.78 is 5.71. The van der Waals surface area contributed by atoms with E-state index in [-0.39, 0.29) is 0 Å². The summed E-state index contributed by atoms with van der Waals surface area (Å²) in [5.41, 5.74) is 3.12. The second-order valence-electron chi connectivity index (χ2n) is 4.77. The minimum Gasteiger partial charge on any atom is -0.419 e. The van der Waals surface area contributed by atoms with Crippen molar-refractivity contribution in [2.24, 2.45) is 0 Å². The van der Waals surface area contributed by atoms with E-state index in [9.17, 15) is 0 Å². The van der Waals surface area contributed by atoms with Crippen molar-refractivity contribution in [1.82, 2.24) is 10.2 Å². The molecule has 21 heavy (non-hydrogen) atoms. The van der Waals surface area contributed by atoms with Crippen LogP contribution in [-0.4, -0.2) is 10.2 Å². The molecule has 0 N–H and O–H groups in total. The SMILES string of the molecule is CCc1ccc(-c2nnc(C(Cl)c3ccccc3)o2)cc1. The number of hydrogen-bond donors (Lipinski definition) is 0. The molecule has 3 nitrogen and oxygen atoms in total. The predicted molar refractivity (Wildman–Crippen MR) is 83.3 cm³/mol. The van der Waals surface area contributed by atoms with Gasteiger partial charge in [0.25, 0.3) is 0 Å². The van der Waals surface area contributed by atoms with Crippen LogP contribution in [0.4, 0.5) is 0 Å². The molecule has 0 radical (unpaired) electrons. The third-order valence-electron chi connectivity index (χ3n) is 3.36. The standard InChI is InChI=1S/C17H15ClN2O/c1-2-12-8-10-14(11-9-12)16-19-20-17(21-16)15(18)13-6-4-3-5-7-13/h3-11,15H,2H2,1H3. The highest BCUT2D eigenvalue weighted by atomic mass is 35.5. The fourth-order valence-corrected chi connectivity index (χ4v) is 2.33. The average Bonchev–Trinajstić information content (AvgIpc) is 3.05. The minimum atomic E-state index is -0.428. The van der Waals surface area contributed by atoms with Gasteiger partial charge in [-0.05, 0) is 29.7 Å². The number of nitrogens with zero attached hydrogens (tertiary/aromatic N) is 2. The van der Waals surface area contributed by atoms with Gasteiger partial charge in [0.2, 0.25) is 11.8 Å². The van der Waals surface area contributed by atoms with E-state index in [1.54, 1.807) is 0 Å². The van der Waals surface area contributed by atoms with Gasteiger partial charge < -0.3 is 4.42 Å². The Bertz CT molecular complexity index is 707. The largest absolute Gasteiger partial charge is 0.419 e. The van der Waals surface area contributed by atoms with Crippen LogP contribution in [0, 0.1) is 0 Å². The van der Waals surface area contributed by atoms with Crippen LogP contribution in [0.15, 0.2) is 59.0 Å². The predicted octanol–water partition coefficient (Wildman–Crippen LogP) is 4.63. The molecule has 0 aliphatic carbocycles. The van der Waals surface area contributed by atoms with Crippen molar-refractivity contribution in [3.05, 3.63) is 71.6 Å². The van der Waals surface area contributed by atoms with Crippen LogP contribution in [-0.2, 0) is 6.42 Å². The van der Waals surface area contributed by atoms with Crippen LogP contribution >= 0.6 is 11.6 Å². The zero-order chi connectivity index (χ0) is 14.7. The topological polar surface area (TPSA) is 38.9 Å². The first-order valence-corrected chi connectivity index (χ1v) is 7.33. The number of halogens is 1. The summed E-state index contributed by atoms with van der Waals surface area (Å²) in [5.74, 6) is 0.909. The van der Waals surface area contributed by atoms with Crippen LogP contribution in [0.5, 0.6) is 0 Å². The van der Waals surface area contributed by atoms with Crippen molar-refractivity contribution in [3.63, 3.8) is 0 Å². The lowest BCUT2D eigenvalue weighted by atomic mass is 10.1. The first kappa shape index (κ1) is 13.8. The molecule has 0 bridgehead atoms. The lowest BCUT2D eigenvalue weighted by Gasteiger charge is -2.04. The first-order valence-electron chi connectivity index (χ1n) is 6.89. The van der Waals surface area contributed by atoms with E-state index in [0.717, 1.165) is 17.5 Å². The molecule has 0 amide bonds. The molecule has 4 heteroatoms. The smallest absolute Gasteiger partial charge is 0.247 e. The maximum Gasteiger partial charge on any atom is 0.247 e. The first-order chi connectivity index (χ1) is 10.3. The Kier molecular flexibility index (Phi) is 4.02. The molecule has 0 saturated heterocycles. The Hall–Kier alpha value is -2.13. The summed E-state index contributed by atoms with van der Waals surface area (Å²) in [7, 11) is 0. The van der Waals surface area contributed by atoms with E-state index < -0.39 is 5.38 Å². The highest BCUT2D eigenvalue weighted by Gasteiger charge is 2.18. The van der Waals surface area contributed by atoms with Crippen molar-refractivity contribution in [1.29, 1.82) is 0 Å². The Morgan fingerprint density at radius 2 is 1.71 bits per heavy atom. The minimum absolute atomic E-state index is 0.414. The van der Waals surface area contributed by atoms with E-state index in [1.807, 2.05) is 42.5 Å². The normalized spacial score (nSPS) is 12.3. The maximum absolute atomic E-state index is 6.38. The Morgan fingerprint density at radius 1 is 1.00 bits per heavy atom. The molecule has 0 saturated carbocycles. The van der Waals surface area contributed by atoms with Gasteiger partial charge in [0, 0.05) is 5.56 Å². The number of aryl methyl sites for hydroxylation is 1. The summed E-state index contributed by atoms with van der Waals surface area (Å²) in [6.07, 6.45) is 1.01. The molecule has 1 unspecified atom stereocenters. The van der Waals surface area contributed by atoms with Gasteiger partial charge in [0.15, 0.2) is 0 Å². The van der Waals surface area contributed by atoms with Gasteiger partial charge in [-0.15, -0.1) is 21.8 Å². The maximum atomic E-state index is 6.38. The number of aromatic nitrogens is 2. The van der Waals surface area contributed by atoms with Crippen LogP contribution in [0.1, 0.15) is 29.3 Å². The summed E-state index contributed by atoms with van der Waals surface area (Å²) in [6, 6.07) is 17.8. The molecule has 1 aromatic heterocycles. The second-order valence-corrected chi connectivity index (χ2v) is 5.21. The molecule has 106 valence electrons. The van der Waals surface area contributed by atoms with E-state index in [4.69, 9.17) is 16.0 Å². The second kappa shape index (κ2) is 6.10. The van der Waals surface area contributed by atoms with Crippen LogP contribution in [0.2, 0.25) is 0 Å². The van der Waals surface area contributed by atoms with Crippen molar-refractivity contribution < 1.29 is 4.42 Å². The average molecular weight is 299 g/mol. The van der Waals surface area contributed by atoms with Crippen LogP contribution < -0.4 is 0 Å². The van der Waals surface area contributed by atoms with Gasteiger partial charge in [-0.3, -0.25) is 0 Å². The van der Waals surface area contributed by atoms with E-state index in [1.165, 1.54) is 5.56 Å². The van der Waals surface area contributed by atoms with E-state index in [2.05, 4.69) is 29.3 Å². The lowest BCUT2D eigenvalue weighted by molar-refractivity contribution is 0.513. The quantitative estimate of drug-likeness (QED) is 0.659. The molecule has 0 fully saturated rings. The molecule has 1 atom stereocenters. The third-order valence-corrected chi connectivity index (χ3v) is 3.80. The van der Waals surface area contributed by atoms with Gasteiger partial charge in [-0.2, -0.15) is 0 Å². The number of hydrogen-bond acceptors (Lipinski definition) is 3. The highest BCUT2D eigenvalue weighted by Crippen LogP contribution is 2.29. The molecule has 0 aliphatic heterocycles. The Labute approximate surface area is 128 Å². The summed E-state index contributed by atoms with van der Waals surface area (Å²) in [6.45, 7) is 2.12. The fourth-order valence-electron chi connectivity index (χ4n) is 2.10. The van der Waals surface area contributed by atoms with Crippen LogP contribution in [0.25, 0.3) is 11.5 Å². The zero-order valence-corrected chi connectivity index (χ0v) is 12.4. The molecule has 1 heterocycles. The molecular weight excluding hydrogens is 284 g/mol. The molecule has 3 rings (SSSR count). The van der Waals surface area contributed by atoms with Gasteiger partial charge >= 0.3 is 0 Å². The van der Waals surface area contributed by atoms with E-state index >= 15 is 0 Å². The number of alkyl halides is 1. The Balaban J connectivity index is 1.85. The summed E-state index contributed by atoms with van der Waals surface area (Å²) in [4.78, 5) is 0. The van der Waals surface area contributed by atoms with Gasteiger partial charge in [-0.25, -0.2) is 0 Å². The number of rotatable bonds is 4. The van der Waals surface area contributed by atoms with Gasteiger partial charge in [0.1, 0.15) is 5.38 Å². The van der Waals surface area contributed by atoms with Crippen LogP contribution in [0.3, 0.4) is 0 Å². The monoisotopic (exact) mass is 298 g/mol. The molecule has 0 spiro atoms. The Morgan fingerprint density at radius 3 is 2.38 bits per heavy atom. The molecule has 0 aliphatic rings. The molecule has 3 aromatic rings. The fraction of sp³-hybridized carbons (Fsp3) is 0.176. The lowest BCUT2D eigenvalue weighted by Crippen LogP contribution is -1.92. The molecular formula is C17H15ClN2O. The highest BCUT2D eigenvalue weighted by molar-refractivity contribution is 6.22. The van der Waals surface area contributed by atoms with Gasteiger partial charge in [0.05, 0.1) is 0 Å².